The first-order valence-corrected chi connectivity index (χ1v) is 6.47. The van der Waals surface area contributed by atoms with Crippen molar-refractivity contribution in [1.29, 1.82) is 0 Å². The van der Waals surface area contributed by atoms with Gasteiger partial charge in [-0.05, 0) is 0 Å². The largest absolute Gasteiger partial charge is 0.496 e. The molecule has 1 aromatic carbocycles. The van der Waals surface area contributed by atoms with Gasteiger partial charge in [0.25, 0.3) is 0 Å². The highest BCUT2D eigenvalue weighted by Gasteiger charge is 2.30. The Morgan fingerprint density at radius 1 is 1.29 bits per heavy atom. The number of hydrogen-bond donors (Lipinski definition) is 1. The predicted molar refractivity (Wildman–Crippen MR) is 60.1 cm³/mol. The van der Waals surface area contributed by atoms with Gasteiger partial charge in [-0.2, -0.15) is 0 Å². The molecule has 0 spiro atoms. The normalized spacial score (nSPS) is 14.1. The van der Waals surface area contributed by atoms with Gasteiger partial charge in [-0.3, -0.25) is 0 Å². The second kappa shape index (κ2) is 4.08. The second-order valence-corrected chi connectivity index (χ2v) is 5.06. The van der Waals surface area contributed by atoms with Crippen molar-refractivity contribution < 1.29 is 22.6 Å². The Morgan fingerprint density at radius 3 is 2.47 bits per heavy atom. The summed E-state index contributed by atoms with van der Waals surface area (Å²) < 4.78 is 38.6. The maximum Gasteiger partial charge on any atom is 0.245 e. The zero-order chi connectivity index (χ0) is 12.6. The Labute approximate surface area is 99.3 Å². The molecule has 0 bridgehead atoms. The van der Waals surface area contributed by atoms with E-state index in [1.54, 1.807) is 0 Å². The van der Waals surface area contributed by atoms with E-state index in [1.165, 1.54) is 20.3 Å². The second-order valence-electron chi connectivity index (χ2n) is 3.56. The Bertz CT molecular complexity index is 552. The molecule has 0 saturated carbocycles. The Kier molecular flexibility index (Phi) is 2.88. The molecule has 0 unspecified atom stereocenters. The number of rotatable bonds is 3. The molecule has 2 rings (SSSR count). The van der Waals surface area contributed by atoms with E-state index in [0.717, 1.165) is 0 Å². The number of sulfonamides is 1. The van der Waals surface area contributed by atoms with Gasteiger partial charge in [-0.15, -0.1) is 0 Å². The summed E-state index contributed by atoms with van der Waals surface area (Å²) in [4.78, 5) is -0.117. The fourth-order valence-corrected chi connectivity index (χ4v) is 2.74. The zero-order valence-electron chi connectivity index (χ0n) is 9.52. The first-order valence-electron chi connectivity index (χ1n) is 4.92. The van der Waals surface area contributed by atoms with E-state index >= 15 is 0 Å². The molecular formula is C10H13NO5S. The van der Waals surface area contributed by atoms with Crippen molar-refractivity contribution in [1.82, 2.24) is 0 Å². The molecule has 7 heteroatoms. The maximum atomic E-state index is 11.5. The Morgan fingerprint density at radius 2 is 1.94 bits per heavy atom. The molecule has 6 nitrogen and oxygen atoms in total. The van der Waals surface area contributed by atoms with Gasteiger partial charge in [0.1, 0.15) is 17.2 Å². The number of fused-ring (bicyclic) bond motifs is 1. The molecule has 0 fully saturated rings. The van der Waals surface area contributed by atoms with Gasteiger partial charge in [0, 0.05) is 18.1 Å². The highest BCUT2D eigenvalue weighted by atomic mass is 32.2. The minimum Gasteiger partial charge on any atom is -0.496 e. The highest BCUT2D eigenvalue weighted by Crippen LogP contribution is 2.44. The van der Waals surface area contributed by atoms with Gasteiger partial charge in [0.2, 0.25) is 10.0 Å². The molecule has 0 aromatic heterocycles. The SMILES string of the molecule is COc1cc(OC)c(S(N)(=O)=O)c2c1CCO2. The lowest BCUT2D eigenvalue weighted by molar-refractivity contribution is 0.338. The van der Waals surface area contributed by atoms with Crippen molar-refractivity contribution in [3.8, 4) is 17.2 Å². The average molecular weight is 259 g/mol. The molecule has 0 radical (unpaired) electrons. The molecule has 1 aliphatic rings. The molecule has 1 aromatic rings. The fourth-order valence-electron chi connectivity index (χ4n) is 1.88. The van der Waals surface area contributed by atoms with Crippen LogP contribution in [0.2, 0.25) is 0 Å². The molecule has 0 saturated heterocycles. The summed E-state index contributed by atoms with van der Waals surface area (Å²) in [6.07, 6.45) is 0.588. The lowest BCUT2D eigenvalue weighted by Gasteiger charge is -2.13. The standard InChI is InChI=1S/C10H13NO5S/c1-14-7-5-8(15-2)10(17(11,12)13)9-6(7)3-4-16-9/h5H,3-4H2,1-2H3,(H2,11,12,13). The smallest absolute Gasteiger partial charge is 0.245 e. The Hall–Kier alpha value is -1.47. The summed E-state index contributed by atoms with van der Waals surface area (Å²) in [5.74, 6) is 0.912. The third kappa shape index (κ3) is 1.91. The van der Waals surface area contributed by atoms with E-state index in [1.807, 2.05) is 0 Å². The zero-order valence-corrected chi connectivity index (χ0v) is 10.3. The molecule has 0 aliphatic carbocycles. The average Bonchev–Trinajstić information content (AvgIpc) is 2.73. The van der Waals surface area contributed by atoms with Gasteiger partial charge in [0.15, 0.2) is 4.90 Å². The number of primary sulfonamides is 1. The monoisotopic (exact) mass is 259 g/mol. The number of nitrogens with two attached hydrogens (primary N) is 1. The van der Waals surface area contributed by atoms with Gasteiger partial charge in [-0.25, -0.2) is 13.6 Å². The molecule has 17 heavy (non-hydrogen) atoms. The van der Waals surface area contributed by atoms with Crippen molar-refractivity contribution in [2.24, 2.45) is 5.14 Å². The molecule has 1 aliphatic heterocycles. The van der Waals surface area contributed by atoms with E-state index in [0.29, 0.717) is 24.3 Å². The van der Waals surface area contributed by atoms with Crippen LogP contribution in [0.3, 0.4) is 0 Å². The molecule has 2 N–H and O–H groups in total. The number of ether oxygens (including phenoxy) is 3. The van der Waals surface area contributed by atoms with Crippen LogP contribution >= 0.6 is 0 Å². The molecule has 1 heterocycles. The van der Waals surface area contributed by atoms with Gasteiger partial charge < -0.3 is 14.2 Å². The number of benzene rings is 1. The third-order valence-electron chi connectivity index (χ3n) is 2.59. The van der Waals surface area contributed by atoms with E-state index in [9.17, 15) is 8.42 Å². The van der Waals surface area contributed by atoms with Crippen LogP contribution in [-0.4, -0.2) is 29.2 Å². The van der Waals surface area contributed by atoms with Crippen LogP contribution in [0.1, 0.15) is 5.56 Å². The summed E-state index contributed by atoms with van der Waals surface area (Å²) in [6.45, 7) is 0.404. The third-order valence-corrected chi connectivity index (χ3v) is 3.54. The molecule has 0 amide bonds. The van der Waals surface area contributed by atoms with E-state index in [-0.39, 0.29) is 16.4 Å². The molecular weight excluding hydrogens is 246 g/mol. The van der Waals surface area contributed by atoms with Crippen LogP contribution in [0, 0.1) is 0 Å². The predicted octanol–water partition coefficient (Wildman–Crippen LogP) is 0.286. The van der Waals surface area contributed by atoms with E-state index < -0.39 is 10.0 Å². The van der Waals surface area contributed by atoms with Crippen LogP contribution in [0.15, 0.2) is 11.0 Å². The summed E-state index contributed by atoms with van der Waals surface area (Å²) in [5, 5.41) is 5.17. The highest BCUT2D eigenvalue weighted by molar-refractivity contribution is 7.89. The van der Waals surface area contributed by atoms with Crippen LogP contribution < -0.4 is 19.3 Å². The van der Waals surface area contributed by atoms with Crippen LogP contribution in [0.25, 0.3) is 0 Å². The topological polar surface area (TPSA) is 87.9 Å². The van der Waals surface area contributed by atoms with Crippen LogP contribution in [0.5, 0.6) is 17.2 Å². The summed E-state index contributed by atoms with van der Waals surface area (Å²) in [5.41, 5.74) is 0.706. The number of hydrogen-bond acceptors (Lipinski definition) is 5. The van der Waals surface area contributed by atoms with E-state index in [4.69, 9.17) is 19.3 Å². The van der Waals surface area contributed by atoms with Crippen LogP contribution in [-0.2, 0) is 16.4 Å². The Balaban J connectivity index is 2.79. The summed E-state index contributed by atoms with van der Waals surface area (Å²) in [7, 11) is -1.03. The summed E-state index contributed by atoms with van der Waals surface area (Å²) in [6, 6.07) is 1.51. The van der Waals surface area contributed by atoms with Crippen molar-refractivity contribution >= 4 is 10.0 Å². The quantitative estimate of drug-likeness (QED) is 0.842. The minimum atomic E-state index is -3.90. The maximum absolute atomic E-state index is 11.5. The van der Waals surface area contributed by atoms with Crippen molar-refractivity contribution in [3.05, 3.63) is 11.6 Å². The van der Waals surface area contributed by atoms with Gasteiger partial charge in [0.05, 0.1) is 20.8 Å². The minimum absolute atomic E-state index is 0.117. The first-order chi connectivity index (χ1) is 7.99. The number of methoxy groups -OCH3 is 2. The first kappa shape index (κ1) is 12.0. The van der Waals surface area contributed by atoms with Crippen LogP contribution in [0.4, 0.5) is 0 Å². The molecule has 0 atom stereocenters. The van der Waals surface area contributed by atoms with Crippen molar-refractivity contribution in [2.75, 3.05) is 20.8 Å². The lowest BCUT2D eigenvalue weighted by Crippen LogP contribution is -2.15. The van der Waals surface area contributed by atoms with Crippen molar-refractivity contribution in [2.45, 2.75) is 11.3 Å². The van der Waals surface area contributed by atoms with Gasteiger partial charge >= 0.3 is 0 Å². The summed E-state index contributed by atoms with van der Waals surface area (Å²) >= 11 is 0. The van der Waals surface area contributed by atoms with E-state index in [2.05, 4.69) is 0 Å². The van der Waals surface area contributed by atoms with Crippen molar-refractivity contribution in [3.63, 3.8) is 0 Å². The van der Waals surface area contributed by atoms with Gasteiger partial charge in [-0.1, -0.05) is 0 Å². The molecule has 94 valence electrons. The fraction of sp³-hybridized carbons (Fsp3) is 0.400. The lowest BCUT2D eigenvalue weighted by atomic mass is 10.1.